The van der Waals surface area contributed by atoms with E-state index in [1.165, 1.54) is 0 Å². The fraction of sp³-hybridized carbons (Fsp3) is 0.158. The number of rotatable bonds is 6. The topological polar surface area (TPSA) is 227 Å². The fourth-order valence-corrected chi connectivity index (χ4v) is 6.52. The minimum atomic E-state index is -0.492. The first-order valence-corrected chi connectivity index (χ1v) is 16.4. The van der Waals surface area contributed by atoms with Crippen LogP contribution in [0.15, 0.2) is 60.8 Å². The first kappa shape index (κ1) is 33.2. The molecule has 2 amide bonds. The van der Waals surface area contributed by atoms with Crippen LogP contribution < -0.4 is 11.5 Å². The minimum absolute atomic E-state index is 0.417. The highest BCUT2D eigenvalue weighted by Crippen LogP contribution is 2.34. The molecule has 0 bridgehead atoms. The van der Waals surface area contributed by atoms with Gasteiger partial charge in [-0.1, -0.05) is 0 Å². The number of aryl methyl sites for hydroxylation is 4. The second-order valence-electron chi connectivity index (χ2n) is 12.2. The normalized spacial score (nSPS) is 11.1. The number of hydrogen-bond donors (Lipinski definition) is 4. The monoisotopic (exact) mass is 688 g/mol. The molecule has 52 heavy (non-hydrogen) atoms. The van der Waals surface area contributed by atoms with Crippen molar-refractivity contribution in [2.24, 2.45) is 11.5 Å². The summed E-state index contributed by atoms with van der Waals surface area (Å²) in [5, 5.41) is 31.5. The summed E-state index contributed by atoms with van der Waals surface area (Å²) in [7, 11) is 0. The van der Waals surface area contributed by atoms with Crippen molar-refractivity contribution in [1.29, 1.82) is 10.5 Å². The van der Waals surface area contributed by atoms with E-state index in [0.29, 0.717) is 57.9 Å². The molecule has 6 heterocycles. The van der Waals surface area contributed by atoms with Gasteiger partial charge in [0.1, 0.15) is 34.7 Å². The number of nitrogens with two attached hydrogens (primary N) is 2. The Morgan fingerprint density at radius 1 is 0.731 bits per heavy atom. The summed E-state index contributed by atoms with van der Waals surface area (Å²) in [5.41, 5.74) is 20.0. The van der Waals surface area contributed by atoms with Gasteiger partial charge in [-0.15, -0.1) is 0 Å². The number of pyridine rings is 2. The molecule has 0 saturated carbocycles. The second-order valence-corrected chi connectivity index (χ2v) is 12.2. The first-order chi connectivity index (χ1) is 25.0. The number of benzene rings is 2. The van der Waals surface area contributed by atoms with Crippen LogP contribution in [0.4, 0.5) is 0 Å². The van der Waals surface area contributed by atoms with Gasteiger partial charge >= 0.3 is 0 Å². The van der Waals surface area contributed by atoms with Gasteiger partial charge in [-0.2, -0.15) is 20.7 Å². The zero-order valence-corrected chi connectivity index (χ0v) is 28.7. The van der Waals surface area contributed by atoms with E-state index in [1.807, 2.05) is 49.2 Å². The summed E-state index contributed by atoms with van der Waals surface area (Å²) in [6, 6.07) is 20.5. The molecular formula is C38H32N12O2. The molecule has 8 rings (SSSR count). The molecule has 0 aliphatic heterocycles. The average Bonchev–Trinajstić information content (AvgIpc) is 3.91. The van der Waals surface area contributed by atoms with Gasteiger partial charge in [0.25, 0.3) is 0 Å². The standard InChI is InChI=1S/2C19H16N6O/c1-3-25-16(6-10(2)24-25)17-12(9-20)8-14-13-7-11(18(21)26)4-5-15(13)22-19(14)23-17;1-3-25-16(6-10(2)24-25)18-13(8-20)17-14(9-22-18)12-7-11(19(21)26)4-5-15(12)23-17/h4-8H,3H2,1-2H3,(H2,21,26)(H,22,23);4-7,9,23H,3H2,1-2H3,(H2,21,26). The van der Waals surface area contributed by atoms with Gasteiger partial charge in [-0.25, -0.2) is 4.98 Å². The molecule has 2 aromatic carbocycles. The van der Waals surface area contributed by atoms with Crippen molar-refractivity contribution in [2.45, 2.75) is 40.8 Å². The van der Waals surface area contributed by atoms with Gasteiger partial charge in [-0.05, 0) is 82.3 Å². The van der Waals surface area contributed by atoms with Crippen molar-refractivity contribution in [1.82, 2.24) is 39.5 Å². The third kappa shape index (κ3) is 5.54. The molecule has 6 N–H and O–H groups in total. The van der Waals surface area contributed by atoms with E-state index in [9.17, 15) is 20.1 Å². The lowest BCUT2D eigenvalue weighted by Gasteiger charge is -2.06. The minimum Gasteiger partial charge on any atom is -0.366 e. The maximum Gasteiger partial charge on any atom is 0.248 e. The van der Waals surface area contributed by atoms with Gasteiger partial charge in [0, 0.05) is 63.0 Å². The van der Waals surface area contributed by atoms with E-state index in [1.54, 1.807) is 48.7 Å². The van der Waals surface area contributed by atoms with Crippen molar-refractivity contribution in [2.75, 3.05) is 0 Å². The maximum atomic E-state index is 11.5. The Labute approximate surface area is 296 Å². The van der Waals surface area contributed by atoms with Crippen LogP contribution in [-0.2, 0) is 13.1 Å². The maximum absolute atomic E-state index is 11.5. The van der Waals surface area contributed by atoms with Gasteiger partial charge in [0.05, 0.1) is 33.9 Å². The third-order valence-electron chi connectivity index (χ3n) is 8.92. The molecule has 14 heteroatoms. The highest BCUT2D eigenvalue weighted by atomic mass is 16.1. The predicted octanol–water partition coefficient (Wildman–Crippen LogP) is 5.76. The van der Waals surface area contributed by atoms with Gasteiger partial charge < -0.3 is 21.4 Å². The number of amides is 2. The number of fused-ring (bicyclic) bond motifs is 6. The van der Waals surface area contributed by atoms with Crippen LogP contribution in [0.2, 0.25) is 0 Å². The van der Waals surface area contributed by atoms with Gasteiger partial charge in [0.2, 0.25) is 11.8 Å². The Balaban J connectivity index is 0.000000162. The summed E-state index contributed by atoms with van der Waals surface area (Å²) in [6.07, 6.45) is 1.72. The Morgan fingerprint density at radius 2 is 1.29 bits per heavy atom. The molecule has 256 valence electrons. The van der Waals surface area contributed by atoms with Crippen LogP contribution in [0.1, 0.15) is 57.1 Å². The lowest BCUT2D eigenvalue weighted by molar-refractivity contribution is 0.0992. The van der Waals surface area contributed by atoms with Crippen molar-refractivity contribution >= 4 is 55.6 Å². The predicted molar refractivity (Wildman–Crippen MR) is 197 cm³/mol. The number of carbonyl (C=O) groups is 2. The highest BCUT2D eigenvalue weighted by Gasteiger charge is 2.20. The zero-order chi connectivity index (χ0) is 36.8. The van der Waals surface area contributed by atoms with Crippen LogP contribution in [0, 0.1) is 36.5 Å². The summed E-state index contributed by atoms with van der Waals surface area (Å²) in [4.78, 5) is 38.7. The molecule has 0 aliphatic carbocycles. The first-order valence-electron chi connectivity index (χ1n) is 16.4. The van der Waals surface area contributed by atoms with E-state index in [-0.39, 0.29) is 0 Å². The number of nitrogens with zero attached hydrogens (tertiary/aromatic N) is 8. The van der Waals surface area contributed by atoms with Gasteiger partial charge in [-0.3, -0.25) is 23.9 Å². The molecule has 8 aromatic rings. The molecule has 0 unspecified atom stereocenters. The molecule has 0 spiro atoms. The Morgan fingerprint density at radius 3 is 1.83 bits per heavy atom. The van der Waals surface area contributed by atoms with Crippen LogP contribution in [0.25, 0.3) is 66.5 Å². The van der Waals surface area contributed by atoms with Crippen molar-refractivity contribution in [3.63, 3.8) is 0 Å². The molecule has 0 atom stereocenters. The van der Waals surface area contributed by atoms with Gasteiger partial charge in [0.15, 0.2) is 0 Å². The zero-order valence-electron chi connectivity index (χ0n) is 28.7. The van der Waals surface area contributed by atoms with Crippen molar-refractivity contribution in [3.05, 3.63) is 94.4 Å². The van der Waals surface area contributed by atoms with Crippen LogP contribution in [0.3, 0.4) is 0 Å². The SMILES string of the molecule is CCn1nc(C)cc1-c1nc2[nH]c3ccc(C(N)=O)cc3c2cc1C#N.CCn1nc(C)cc1-c1ncc2c([nH]c3ccc(C(N)=O)cc32)c1C#N. The van der Waals surface area contributed by atoms with E-state index < -0.39 is 11.8 Å². The largest absolute Gasteiger partial charge is 0.366 e. The third-order valence-corrected chi connectivity index (χ3v) is 8.92. The number of primary amides is 2. The summed E-state index contributed by atoms with van der Waals surface area (Å²) >= 11 is 0. The van der Waals surface area contributed by atoms with Crippen LogP contribution in [-0.4, -0.2) is 51.3 Å². The average molecular weight is 689 g/mol. The molecule has 6 aromatic heterocycles. The summed E-state index contributed by atoms with van der Waals surface area (Å²) < 4.78 is 3.66. The number of hydrogen-bond acceptors (Lipinski definition) is 8. The molecule has 0 fully saturated rings. The van der Waals surface area contributed by atoms with Crippen LogP contribution in [0.5, 0.6) is 0 Å². The van der Waals surface area contributed by atoms with Crippen molar-refractivity contribution in [3.8, 4) is 34.9 Å². The smallest absolute Gasteiger partial charge is 0.248 e. The van der Waals surface area contributed by atoms with E-state index in [0.717, 1.165) is 55.4 Å². The Bertz CT molecular complexity index is 2760. The number of aromatic amines is 2. The number of H-pyrrole nitrogens is 2. The highest BCUT2D eigenvalue weighted by molar-refractivity contribution is 6.12. The molecular weight excluding hydrogens is 656 g/mol. The quantitative estimate of drug-likeness (QED) is 0.168. The number of nitrogens with one attached hydrogen (secondary N) is 2. The molecule has 14 nitrogen and oxygen atoms in total. The molecule has 0 aliphatic rings. The lowest BCUT2D eigenvalue weighted by atomic mass is 10.1. The fourth-order valence-electron chi connectivity index (χ4n) is 6.52. The van der Waals surface area contributed by atoms with Crippen LogP contribution >= 0.6 is 0 Å². The Hall–Kier alpha value is -7.32. The summed E-state index contributed by atoms with van der Waals surface area (Å²) in [5.74, 6) is -0.984. The van der Waals surface area contributed by atoms with E-state index in [4.69, 9.17) is 16.5 Å². The second kappa shape index (κ2) is 12.9. The number of aromatic nitrogens is 8. The summed E-state index contributed by atoms with van der Waals surface area (Å²) in [6.45, 7) is 9.18. The molecule has 0 radical (unpaired) electrons. The molecule has 0 saturated heterocycles. The van der Waals surface area contributed by atoms with Crippen molar-refractivity contribution < 1.29 is 9.59 Å². The number of carbonyl (C=O) groups excluding carboxylic acids is 2. The van der Waals surface area contributed by atoms with E-state index in [2.05, 4.69) is 37.3 Å². The van der Waals surface area contributed by atoms with E-state index >= 15 is 0 Å². The number of nitriles is 2. The Kier molecular flexibility index (Phi) is 8.20. The lowest BCUT2D eigenvalue weighted by Crippen LogP contribution is -2.10.